The molecule has 0 saturated heterocycles. The van der Waals surface area contributed by atoms with Crippen LogP contribution < -0.4 is 5.32 Å². The highest BCUT2D eigenvalue weighted by Crippen LogP contribution is 2.33. The lowest BCUT2D eigenvalue weighted by Gasteiger charge is -2.11. The SMILES string of the molecule is Cc1ccc2cc(C(=O)NCCCN(C)C)c3sccc3c2c1. The van der Waals surface area contributed by atoms with Gasteiger partial charge in [0, 0.05) is 16.6 Å². The number of amides is 1. The first-order chi connectivity index (χ1) is 11.1. The van der Waals surface area contributed by atoms with Crippen LogP contribution in [0.1, 0.15) is 22.3 Å². The minimum absolute atomic E-state index is 0.0266. The van der Waals surface area contributed by atoms with E-state index < -0.39 is 0 Å². The molecular formula is C19H22N2OS. The molecule has 4 heteroatoms. The van der Waals surface area contributed by atoms with Crippen LogP contribution in [-0.2, 0) is 0 Å². The molecule has 120 valence electrons. The summed E-state index contributed by atoms with van der Waals surface area (Å²) in [5.41, 5.74) is 2.03. The number of benzene rings is 2. The van der Waals surface area contributed by atoms with Crippen LogP contribution in [0.4, 0.5) is 0 Å². The van der Waals surface area contributed by atoms with Crippen LogP contribution in [-0.4, -0.2) is 38.0 Å². The number of fused-ring (bicyclic) bond motifs is 3. The molecule has 2 aromatic carbocycles. The average Bonchev–Trinajstić information content (AvgIpc) is 3.00. The van der Waals surface area contributed by atoms with E-state index in [-0.39, 0.29) is 5.91 Å². The van der Waals surface area contributed by atoms with Gasteiger partial charge in [-0.3, -0.25) is 4.79 Å². The van der Waals surface area contributed by atoms with E-state index in [1.54, 1.807) is 11.3 Å². The van der Waals surface area contributed by atoms with Crippen molar-refractivity contribution in [1.82, 2.24) is 10.2 Å². The Morgan fingerprint density at radius 3 is 2.78 bits per heavy atom. The highest BCUT2D eigenvalue weighted by Gasteiger charge is 2.14. The van der Waals surface area contributed by atoms with Gasteiger partial charge in [0.05, 0.1) is 5.56 Å². The zero-order valence-corrected chi connectivity index (χ0v) is 14.7. The normalized spacial score (nSPS) is 11.5. The molecule has 3 aromatic rings. The number of nitrogens with zero attached hydrogens (tertiary/aromatic N) is 1. The minimum Gasteiger partial charge on any atom is -0.352 e. The standard InChI is InChI=1S/C19H22N2OS/c1-13-5-6-14-12-17(19(22)20-8-4-9-21(2)3)18-15(7-10-23-18)16(14)11-13/h5-7,10-12H,4,8-9H2,1-3H3,(H,20,22). The summed E-state index contributed by atoms with van der Waals surface area (Å²) in [6.45, 7) is 3.78. The zero-order valence-electron chi connectivity index (χ0n) is 13.8. The number of thiophene rings is 1. The molecule has 0 atom stereocenters. The number of hydrogen-bond acceptors (Lipinski definition) is 3. The quantitative estimate of drug-likeness (QED) is 0.718. The van der Waals surface area contributed by atoms with E-state index in [9.17, 15) is 4.79 Å². The molecule has 1 amide bonds. The molecule has 1 N–H and O–H groups in total. The Bertz CT molecular complexity index is 851. The van der Waals surface area contributed by atoms with E-state index in [0.717, 1.165) is 28.6 Å². The molecule has 0 saturated carbocycles. The molecule has 3 nitrogen and oxygen atoms in total. The summed E-state index contributed by atoms with van der Waals surface area (Å²) in [5.74, 6) is 0.0266. The summed E-state index contributed by atoms with van der Waals surface area (Å²) in [6, 6.07) is 10.5. The second-order valence-electron chi connectivity index (χ2n) is 6.22. The number of hydrogen-bond donors (Lipinski definition) is 1. The largest absolute Gasteiger partial charge is 0.352 e. The van der Waals surface area contributed by atoms with E-state index >= 15 is 0 Å². The molecule has 0 fully saturated rings. The minimum atomic E-state index is 0.0266. The van der Waals surface area contributed by atoms with E-state index in [1.165, 1.54) is 16.3 Å². The van der Waals surface area contributed by atoms with E-state index in [4.69, 9.17) is 0 Å². The molecule has 1 heterocycles. The molecule has 0 radical (unpaired) electrons. The maximum Gasteiger partial charge on any atom is 0.252 e. The second-order valence-corrected chi connectivity index (χ2v) is 7.14. The first kappa shape index (κ1) is 16.0. The van der Waals surface area contributed by atoms with Gasteiger partial charge in [-0.05, 0) is 62.3 Å². The molecule has 23 heavy (non-hydrogen) atoms. The highest BCUT2D eigenvalue weighted by molar-refractivity contribution is 7.17. The Morgan fingerprint density at radius 1 is 1.17 bits per heavy atom. The van der Waals surface area contributed by atoms with Crippen molar-refractivity contribution >= 4 is 38.1 Å². The van der Waals surface area contributed by atoms with Crippen molar-refractivity contribution in [3.05, 3.63) is 46.8 Å². The van der Waals surface area contributed by atoms with Crippen LogP contribution in [0.3, 0.4) is 0 Å². The number of carbonyl (C=O) groups excluding carboxylic acids is 1. The fourth-order valence-electron chi connectivity index (χ4n) is 2.84. The van der Waals surface area contributed by atoms with Crippen LogP contribution in [0.15, 0.2) is 35.7 Å². The topological polar surface area (TPSA) is 32.3 Å². The van der Waals surface area contributed by atoms with Crippen LogP contribution >= 0.6 is 11.3 Å². The number of rotatable bonds is 5. The summed E-state index contributed by atoms with van der Waals surface area (Å²) < 4.78 is 1.08. The third-order valence-electron chi connectivity index (χ3n) is 4.02. The maximum atomic E-state index is 12.6. The molecule has 0 aliphatic rings. The van der Waals surface area contributed by atoms with Crippen molar-refractivity contribution < 1.29 is 4.79 Å². The first-order valence-electron chi connectivity index (χ1n) is 7.90. The summed E-state index contributed by atoms with van der Waals surface area (Å²) in [6.07, 6.45) is 0.957. The Kier molecular flexibility index (Phi) is 4.64. The van der Waals surface area contributed by atoms with Gasteiger partial charge in [-0.25, -0.2) is 0 Å². The summed E-state index contributed by atoms with van der Waals surface area (Å²) >= 11 is 1.64. The monoisotopic (exact) mass is 326 g/mol. The van der Waals surface area contributed by atoms with E-state index in [2.05, 4.69) is 46.8 Å². The van der Waals surface area contributed by atoms with Crippen LogP contribution in [0.2, 0.25) is 0 Å². The van der Waals surface area contributed by atoms with Gasteiger partial charge >= 0.3 is 0 Å². The predicted octanol–water partition coefficient (Wildman–Crippen LogP) is 4.04. The predicted molar refractivity (Wildman–Crippen MR) is 99.6 cm³/mol. The summed E-state index contributed by atoms with van der Waals surface area (Å²) in [4.78, 5) is 14.7. The van der Waals surface area contributed by atoms with Crippen molar-refractivity contribution in [1.29, 1.82) is 0 Å². The van der Waals surface area contributed by atoms with Gasteiger partial charge in [0.2, 0.25) is 0 Å². The van der Waals surface area contributed by atoms with Gasteiger partial charge in [-0.2, -0.15) is 0 Å². The number of nitrogens with one attached hydrogen (secondary N) is 1. The zero-order chi connectivity index (χ0) is 16.4. The Labute approximate surface area is 140 Å². The number of carbonyl (C=O) groups is 1. The highest BCUT2D eigenvalue weighted by atomic mass is 32.1. The fourth-order valence-corrected chi connectivity index (χ4v) is 3.77. The second kappa shape index (κ2) is 6.69. The smallest absolute Gasteiger partial charge is 0.252 e. The maximum absolute atomic E-state index is 12.6. The van der Waals surface area contributed by atoms with Crippen LogP contribution in [0, 0.1) is 6.92 Å². The average molecular weight is 326 g/mol. The Balaban J connectivity index is 1.92. The van der Waals surface area contributed by atoms with Gasteiger partial charge in [0.15, 0.2) is 0 Å². The third kappa shape index (κ3) is 3.38. The van der Waals surface area contributed by atoms with Gasteiger partial charge in [-0.15, -0.1) is 11.3 Å². The molecule has 0 aliphatic heterocycles. The summed E-state index contributed by atoms with van der Waals surface area (Å²) in [7, 11) is 4.09. The molecule has 0 spiro atoms. The Morgan fingerprint density at radius 2 is 2.00 bits per heavy atom. The van der Waals surface area contributed by atoms with Crippen molar-refractivity contribution in [3.63, 3.8) is 0 Å². The molecule has 0 bridgehead atoms. The van der Waals surface area contributed by atoms with E-state index in [0.29, 0.717) is 6.54 Å². The van der Waals surface area contributed by atoms with Gasteiger partial charge in [0.25, 0.3) is 5.91 Å². The molecule has 3 rings (SSSR count). The van der Waals surface area contributed by atoms with Gasteiger partial charge in [-0.1, -0.05) is 23.8 Å². The van der Waals surface area contributed by atoms with Crippen molar-refractivity contribution in [2.75, 3.05) is 27.2 Å². The van der Waals surface area contributed by atoms with Gasteiger partial charge in [0.1, 0.15) is 0 Å². The molecule has 1 aromatic heterocycles. The Hall–Kier alpha value is -1.91. The third-order valence-corrected chi connectivity index (χ3v) is 4.97. The molecular weight excluding hydrogens is 304 g/mol. The van der Waals surface area contributed by atoms with E-state index in [1.807, 2.05) is 20.2 Å². The van der Waals surface area contributed by atoms with Crippen LogP contribution in [0.5, 0.6) is 0 Å². The lowest BCUT2D eigenvalue weighted by atomic mass is 10.0. The first-order valence-corrected chi connectivity index (χ1v) is 8.78. The van der Waals surface area contributed by atoms with Crippen molar-refractivity contribution in [2.45, 2.75) is 13.3 Å². The van der Waals surface area contributed by atoms with Crippen molar-refractivity contribution in [2.24, 2.45) is 0 Å². The van der Waals surface area contributed by atoms with Crippen molar-refractivity contribution in [3.8, 4) is 0 Å². The lowest BCUT2D eigenvalue weighted by molar-refractivity contribution is 0.0954. The lowest BCUT2D eigenvalue weighted by Crippen LogP contribution is -2.27. The number of aryl methyl sites for hydroxylation is 1. The fraction of sp³-hybridized carbons (Fsp3) is 0.316. The summed E-state index contributed by atoms with van der Waals surface area (Å²) in [5, 5.41) is 8.65. The molecule has 0 unspecified atom stereocenters. The van der Waals surface area contributed by atoms with Gasteiger partial charge < -0.3 is 10.2 Å². The molecule has 0 aliphatic carbocycles. The van der Waals surface area contributed by atoms with Crippen LogP contribution in [0.25, 0.3) is 20.9 Å².